The highest BCUT2D eigenvalue weighted by atomic mass is 16.7. The molecule has 0 aromatic heterocycles. The molecule has 2 rings (SSSR count). The maximum absolute atomic E-state index is 11.7. The summed E-state index contributed by atoms with van der Waals surface area (Å²) in [5.74, 6) is -1.24. The zero-order valence-electron chi connectivity index (χ0n) is 9.83. The molecule has 1 aromatic rings. The lowest BCUT2D eigenvalue weighted by Crippen LogP contribution is -2.51. The first kappa shape index (κ1) is 12.1. The predicted octanol–water partition coefficient (Wildman–Crippen LogP) is 1.04. The molecule has 0 bridgehead atoms. The molecule has 0 N–H and O–H groups in total. The predicted molar refractivity (Wildman–Crippen MR) is 61.3 cm³/mol. The van der Waals surface area contributed by atoms with Crippen LogP contribution < -0.4 is 0 Å². The fourth-order valence-electron chi connectivity index (χ4n) is 1.52. The summed E-state index contributed by atoms with van der Waals surface area (Å²) in [6.07, 6.45) is 0.143. The SMILES string of the molecule is CN1CCC(=O)N(OC(=O)c2ccccc2)C1=O. The number of imide groups is 1. The Morgan fingerprint density at radius 2 is 1.89 bits per heavy atom. The van der Waals surface area contributed by atoms with Gasteiger partial charge in [-0.1, -0.05) is 23.3 Å². The van der Waals surface area contributed by atoms with Crippen LogP contribution in [0.5, 0.6) is 0 Å². The molecule has 1 aliphatic heterocycles. The van der Waals surface area contributed by atoms with Gasteiger partial charge in [0.15, 0.2) is 0 Å². The maximum atomic E-state index is 11.7. The molecule has 0 saturated carbocycles. The molecule has 94 valence electrons. The molecule has 1 heterocycles. The van der Waals surface area contributed by atoms with Crippen LogP contribution in [0, 0.1) is 0 Å². The molecule has 1 aliphatic rings. The maximum Gasteiger partial charge on any atom is 0.363 e. The van der Waals surface area contributed by atoms with Crippen molar-refractivity contribution in [1.82, 2.24) is 9.96 Å². The number of amides is 3. The van der Waals surface area contributed by atoms with E-state index in [-0.39, 0.29) is 12.0 Å². The van der Waals surface area contributed by atoms with Crippen molar-refractivity contribution in [3.8, 4) is 0 Å². The number of benzene rings is 1. The zero-order valence-corrected chi connectivity index (χ0v) is 9.83. The quantitative estimate of drug-likeness (QED) is 0.784. The van der Waals surface area contributed by atoms with E-state index < -0.39 is 17.9 Å². The molecule has 3 amide bonds. The van der Waals surface area contributed by atoms with Crippen molar-refractivity contribution in [2.75, 3.05) is 13.6 Å². The third-order valence-corrected chi connectivity index (χ3v) is 2.57. The second kappa shape index (κ2) is 4.87. The molecule has 0 radical (unpaired) electrons. The monoisotopic (exact) mass is 248 g/mol. The second-order valence-electron chi connectivity index (χ2n) is 3.89. The lowest BCUT2D eigenvalue weighted by molar-refractivity contribution is -0.160. The Morgan fingerprint density at radius 3 is 2.56 bits per heavy atom. The standard InChI is InChI=1S/C12H12N2O4/c1-13-8-7-10(15)14(12(13)17)18-11(16)9-5-3-2-4-6-9/h2-6H,7-8H2,1H3. The average molecular weight is 248 g/mol. The fourth-order valence-corrected chi connectivity index (χ4v) is 1.52. The Hall–Kier alpha value is -2.37. The van der Waals surface area contributed by atoms with E-state index in [1.165, 1.54) is 11.9 Å². The number of rotatable bonds is 2. The van der Waals surface area contributed by atoms with Crippen LogP contribution in [0.4, 0.5) is 4.79 Å². The Kier molecular flexibility index (Phi) is 3.27. The highest BCUT2D eigenvalue weighted by molar-refractivity contribution is 5.98. The number of urea groups is 1. The van der Waals surface area contributed by atoms with Crippen LogP contribution >= 0.6 is 0 Å². The van der Waals surface area contributed by atoms with Gasteiger partial charge in [0, 0.05) is 20.0 Å². The van der Waals surface area contributed by atoms with Gasteiger partial charge in [-0.3, -0.25) is 4.79 Å². The summed E-state index contributed by atoms with van der Waals surface area (Å²) in [5.41, 5.74) is 0.284. The van der Waals surface area contributed by atoms with Crippen LogP contribution in [-0.4, -0.2) is 41.5 Å². The van der Waals surface area contributed by atoms with Crippen LogP contribution in [0.15, 0.2) is 30.3 Å². The van der Waals surface area contributed by atoms with E-state index >= 15 is 0 Å². The molecule has 0 spiro atoms. The van der Waals surface area contributed by atoms with Gasteiger partial charge in [-0.05, 0) is 12.1 Å². The van der Waals surface area contributed by atoms with E-state index in [0.29, 0.717) is 11.6 Å². The molecular formula is C12H12N2O4. The van der Waals surface area contributed by atoms with E-state index in [9.17, 15) is 14.4 Å². The Balaban J connectivity index is 2.11. The van der Waals surface area contributed by atoms with Crippen molar-refractivity contribution >= 4 is 17.9 Å². The molecule has 0 atom stereocenters. The molecule has 18 heavy (non-hydrogen) atoms. The molecule has 6 nitrogen and oxygen atoms in total. The third-order valence-electron chi connectivity index (χ3n) is 2.57. The summed E-state index contributed by atoms with van der Waals surface area (Å²) in [7, 11) is 1.54. The van der Waals surface area contributed by atoms with Crippen LogP contribution in [0.3, 0.4) is 0 Å². The van der Waals surface area contributed by atoms with E-state index in [2.05, 4.69) is 0 Å². The summed E-state index contributed by atoms with van der Waals surface area (Å²) >= 11 is 0. The van der Waals surface area contributed by atoms with Crippen LogP contribution in [0.1, 0.15) is 16.8 Å². The Morgan fingerprint density at radius 1 is 1.22 bits per heavy atom. The topological polar surface area (TPSA) is 66.9 Å². The summed E-state index contributed by atoms with van der Waals surface area (Å²) < 4.78 is 0. The average Bonchev–Trinajstić information content (AvgIpc) is 2.40. The number of carbonyl (C=O) groups is 3. The molecule has 1 aromatic carbocycles. The lowest BCUT2D eigenvalue weighted by Gasteiger charge is -2.29. The van der Waals surface area contributed by atoms with E-state index in [4.69, 9.17) is 4.84 Å². The summed E-state index contributed by atoms with van der Waals surface area (Å²) in [6, 6.07) is 7.55. The van der Waals surface area contributed by atoms with Crippen molar-refractivity contribution in [3.63, 3.8) is 0 Å². The van der Waals surface area contributed by atoms with Crippen molar-refractivity contribution < 1.29 is 19.2 Å². The van der Waals surface area contributed by atoms with Gasteiger partial charge in [-0.25, -0.2) is 9.59 Å². The van der Waals surface area contributed by atoms with Gasteiger partial charge in [0.25, 0.3) is 5.91 Å². The van der Waals surface area contributed by atoms with Crippen LogP contribution in [0.2, 0.25) is 0 Å². The number of hydroxylamine groups is 2. The minimum atomic E-state index is -0.729. The third kappa shape index (κ3) is 2.32. The van der Waals surface area contributed by atoms with Crippen molar-refractivity contribution in [2.45, 2.75) is 6.42 Å². The number of nitrogens with zero attached hydrogens (tertiary/aromatic N) is 2. The fraction of sp³-hybridized carbons (Fsp3) is 0.250. The van der Waals surface area contributed by atoms with Crippen molar-refractivity contribution in [1.29, 1.82) is 0 Å². The van der Waals surface area contributed by atoms with E-state index in [0.717, 1.165) is 0 Å². The normalized spacial score (nSPS) is 15.8. The highest BCUT2D eigenvalue weighted by Gasteiger charge is 2.33. The smallest absolute Gasteiger partial charge is 0.324 e. The minimum absolute atomic E-state index is 0.143. The Labute approximate surface area is 104 Å². The van der Waals surface area contributed by atoms with Gasteiger partial charge in [-0.15, -0.1) is 0 Å². The molecule has 0 unspecified atom stereocenters. The molecule has 1 fully saturated rings. The van der Waals surface area contributed by atoms with Crippen molar-refractivity contribution in [3.05, 3.63) is 35.9 Å². The van der Waals surface area contributed by atoms with Crippen LogP contribution in [-0.2, 0) is 9.63 Å². The van der Waals surface area contributed by atoms with Gasteiger partial charge < -0.3 is 9.74 Å². The van der Waals surface area contributed by atoms with Gasteiger partial charge in [-0.2, -0.15) is 0 Å². The van der Waals surface area contributed by atoms with Gasteiger partial charge in [0.05, 0.1) is 5.56 Å². The summed E-state index contributed by atoms with van der Waals surface area (Å²) in [4.78, 5) is 41.0. The van der Waals surface area contributed by atoms with Gasteiger partial charge in [0.1, 0.15) is 0 Å². The van der Waals surface area contributed by atoms with Gasteiger partial charge >= 0.3 is 12.0 Å². The molecule has 0 aliphatic carbocycles. The lowest BCUT2D eigenvalue weighted by atomic mass is 10.2. The van der Waals surface area contributed by atoms with E-state index in [1.807, 2.05) is 0 Å². The first-order valence-corrected chi connectivity index (χ1v) is 5.45. The highest BCUT2D eigenvalue weighted by Crippen LogP contribution is 2.11. The summed E-state index contributed by atoms with van der Waals surface area (Å²) in [6.45, 7) is 0.330. The van der Waals surface area contributed by atoms with Crippen molar-refractivity contribution in [2.24, 2.45) is 0 Å². The second-order valence-corrected chi connectivity index (χ2v) is 3.89. The first-order chi connectivity index (χ1) is 8.59. The van der Waals surface area contributed by atoms with Gasteiger partial charge in [0.2, 0.25) is 0 Å². The number of carbonyl (C=O) groups excluding carboxylic acids is 3. The van der Waals surface area contributed by atoms with E-state index in [1.54, 1.807) is 30.3 Å². The molecular weight excluding hydrogens is 236 g/mol. The Bertz CT molecular complexity index is 486. The number of hydrogen-bond donors (Lipinski definition) is 0. The largest absolute Gasteiger partial charge is 0.363 e. The molecule has 6 heteroatoms. The number of hydrogen-bond acceptors (Lipinski definition) is 4. The zero-order chi connectivity index (χ0) is 13.1. The minimum Gasteiger partial charge on any atom is -0.324 e. The summed E-state index contributed by atoms with van der Waals surface area (Å²) in [5, 5.41) is 0.513. The van der Waals surface area contributed by atoms with Crippen LogP contribution in [0.25, 0.3) is 0 Å². The molecule has 1 saturated heterocycles. The first-order valence-electron chi connectivity index (χ1n) is 5.45.